The fraction of sp³-hybridized carbons (Fsp3) is 0.0952. The number of primary amides is 1. The van der Waals surface area contributed by atoms with E-state index in [4.69, 9.17) is 20.9 Å². The zero-order chi connectivity index (χ0) is 18.5. The van der Waals surface area contributed by atoms with Crippen molar-refractivity contribution in [1.29, 1.82) is 0 Å². The zero-order valence-corrected chi connectivity index (χ0v) is 14.4. The summed E-state index contributed by atoms with van der Waals surface area (Å²) in [6.45, 7) is 0.204. The number of ether oxygens (including phenoxy) is 2. The van der Waals surface area contributed by atoms with Gasteiger partial charge in [0.25, 0.3) is 0 Å². The highest BCUT2D eigenvalue weighted by Crippen LogP contribution is 2.33. The molecule has 0 bridgehead atoms. The summed E-state index contributed by atoms with van der Waals surface area (Å²) >= 11 is 0. The molecule has 1 amide bonds. The monoisotopic (exact) mass is 348 g/mol. The van der Waals surface area contributed by atoms with Gasteiger partial charge in [0.05, 0.1) is 0 Å². The van der Waals surface area contributed by atoms with E-state index in [0.717, 1.165) is 28.0 Å². The van der Waals surface area contributed by atoms with Gasteiger partial charge in [0.15, 0.2) is 6.79 Å². The highest BCUT2D eigenvalue weighted by Gasteiger charge is 2.13. The zero-order valence-electron chi connectivity index (χ0n) is 14.4. The van der Waals surface area contributed by atoms with Gasteiger partial charge in [-0.15, -0.1) is 0 Å². The van der Waals surface area contributed by atoms with Crippen molar-refractivity contribution in [2.24, 2.45) is 5.73 Å². The predicted molar refractivity (Wildman–Crippen MR) is 103 cm³/mol. The third-order valence-electron chi connectivity index (χ3n) is 4.07. The molecule has 3 aromatic carbocycles. The average molecular weight is 348 g/mol. The molecule has 132 valence electrons. The van der Waals surface area contributed by atoms with E-state index in [0.29, 0.717) is 11.3 Å². The van der Waals surface area contributed by atoms with Gasteiger partial charge in [-0.05, 0) is 47.0 Å². The molecule has 0 saturated heterocycles. The van der Waals surface area contributed by atoms with Crippen molar-refractivity contribution in [3.05, 3.63) is 72.3 Å². The molecule has 5 heteroatoms. The number of nitrogen functional groups attached to an aromatic ring is 1. The maximum Gasteiger partial charge on any atom is 0.249 e. The van der Waals surface area contributed by atoms with Gasteiger partial charge < -0.3 is 20.9 Å². The van der Waals surface area contributed by atoms with Crippen LogP contribution in [-0.4, -0.2) is 19.8 Å². The first kappa shape index (κ1) is 17.5. The summed E-state index contributed by atoms with van der Waals surface area (Å²) < 4.78 is 10.3. The van der Waals surface area contributed by atoms with Gasteiger partial charge in [-0.2, -0.15) is 0 Å². The van der Waals surface area contributed by atoms with Crippen LogP contribution in [0.25, 0.3) is 22.3 Å². The first-order valence-electron chi connectivity index (χ1n) is 8.11. The lowest BCUT2D eigenvalue weighted by atomic mass is 9.94. The molecular weight excluding hydrogens is 328 g/mol. The summed E-state index contributed by atoms with van der Waals surface area (Å²) in [6, 6.07) is 20.6. The van der Waals surface area contributed by atoms with Crippen LogP contribution in [0.15, 0.2) is 66.7 Å². The van der Waals surface area contributed by atoms with Crippen molar-refractivity contribution < 1.29 is 14.3 Å². The van der Waals surface area contributed by atoms with Gasteiger partial charge >= 0.3 is 0 Å². The van der Waals surface area contributed by atoms with Crippen molar-refractivity contribution in [3.63, 3.8) is 0 Å². The molecule has 0 aromatic heterocycles. The summed E-state index contributed by atoms with van der Waals surface area (Å²) in [5.41, 5.74) is 16.2. The summed E-state index contributed by atoms with van der Waals surface area (Å²) in [7, 11) is 1.58. The molecule has 3 rings (SSSR count). The summed E-state index contributed by atoms with van der Waals surface area (Å²) in [4.78, 5) is 11.7. The molecular formula is C21H20N2O3. The number of anilines is 1. The molecule has 0 unspecified atom stereocenters. The molecule has 0 aliphatic heterocycles. The van der Waals surface area contributed by atoms with E-state index >= 15 is 0 Å². The third-order valence-corrected chi connectivity index (χ3v) is 4.07. The number of hydrogen-bond acceptors (Lipinski definition) is 4. The average Bonchev–Trinajstić information content (AvgIpc) is 2.67. The van der Waals surface area contributed by atoms with Crippen LogP contribution in [0.4, 0.5) is 5.69 Å². The Morgan fingerprint density at radius 2 is 1.62 bits per heavy atom. The van der Waals surface area contributed by atoms with Gasteiger partial charge in [-0.1, -0.05) is 36.4 Å². The van der Waals surface area contributed by atoms with Crippen molar-refractivity contribution in [1.82, 2.24) is 0 Å². The maximum atomic E-state index is 11.7. The van der Waals surface area contributed by atoms with Gasteiger partial charge in [0.2, 0.25) is 5.91 Å². The second kappa shape index (κ2) is 7.72. The highest BCUT2D eigenvalue weighted by molar-refractivity contribution is 6.01. The van der Waals surface area contributed by atoms with Crippen LogP contribution in [0.1, 0.15) is 10.4 Å². The minimum absolute atomic E-state index is 0.204. The van der Waals surface area contributed by atoms with E-state index in [1.54, 1.807) is 19.2 Å². The van der Waals surface area contributed by atoms with E-state index in [-0.39, 0.29) is 6.79 Å². The molecule has 0 saturated carbocycles. The molecule has 0 aliphatic rings. The van der Waals surface area contributed by atoms with Crippen LogP contribution in [0.5, 0.6) is 5.75 Å². The van der Waals surface area contributed by atoms with Crippen LogP contribution in [0.3, 0.4) is 0 Å². The first-order valence-corrected chi connectivity index (χ1v) is 8.11. The molecule has 0 heterocycles. The maximum absolute atomic E-state index is 11.7. The second-order valence-electron chi connectivity index (χ2n) is 5.79. The van der Waals surface area contributed by atoms with E-state index in [2.05, 4.69) is 0 Å². The number of rotatable bonds is 6. The predicted octanol–water partition coefficient (Wildman–Crippen LogP) is 3.68. The fourth-order valence-electron chi connectivity index (χ4n) is 2.77. The first-order chi connectivity index (χ1) is 12.6. The Kier molecular flexibility index (Phi) is 5.20. The molecule has 0 aliphatic carbocycles. The van der Waals surface area contributed by atoms with Crippen molar-refractivity contribution in [3.8, 4) is 28.0 Å². The van der Waals surface area contributed by atoms with Gasteiger partial charge in [0.1, 0.15) is 5.75 Å². The van der Waals surface area contributed by atoms with Crippen molar-refractivity contribution in [2.75, 3.05) is 19.6 Å². The minimum Gasteiger partial charge on any atom is -0.468 e. The number of amides is 1. The number of carbonyl (C=O) groups excluding carboxylic acids is 1. The van der Waals surface area contributed by atoms with Gasteiger partial charge in [0, 0.05) is 23.9 Å². The van der Waals surface area contributed by atoms with E-state index < -0.39 is 5.91 Å². The second-order valence-corrected chi connectivity index (χ2v) is 5.79. The van der Waals surface area contributed by atoms with E-state index in [1.165, 1.54) is 0 Å². The lowest BCUT2D eigenvalue weighted by Crippen LogP contribution is -2.12. The normalized spacial score (nSPS) is 10.5. The molecule has 26 heavy (non-hydrogen) atoms. The van der Waals surface area contributed by atoms with Crippen LogP contribution < -0.4 is 16.2 Å². The van der Waals surface area contributed by atoms with Crippen molar-refractivity contribution >= 4 is 11.6 Å². The number of nitrogens with two attached hydrogens (primary N) is 2. The highest BCUT2D eigenvalue weighted by atomic mass is 16.7. The van der Waals surface area contributed by atoms with Crippen LogP contribution >= 0.6 is 0 Å². The summed E-state index contributed by atoms with van der Waals surface area (Å²) in [5.74, 6) is 0.246. The van der Waals surface area contributed by atoms with Crippen LogP contribution in [-0.2, 0) is 4.74 Å². The Morgan fingerprint density at radius 3 is 2.31 bits per heavy atom. The Hall–Kier alpha value is -3.31. The van der Waals surface area contributed by atoms with Gasteiger partial charge in [-0.25, -0.2) is 0 Å². The third kappa shape index (κ3) is 3.68. The molecule has 4 N–H and O–H groups in total. The number of carbonyl (C=O) groups is 1. The molecule has 5 nitrogen and oxygen atoms in total. The van der Waals surface area contributed by atoms with Crippen LogP contribution in [0, 0.1) is 0 Å². The van der Waals surface area contributed by atoms with E-state index in [1.807, 2.05) is 54.6 Å². The standard InChI is InChI=1S/C21H20N2O3/c1-25-13-26-16-9-6-14(7-10-16)15-8-11-20(22)19(12-15)17-4-2-3-5-18(17)21(23)24/h2-12H,13,22H2,1H3,(H2,23,24). The number of methoxy groups -OCH3 is 1. The van der Waals surface area contributed by atoms with Crippen molar-refractivity contribution in [2.45, 2.75) is 0 Å². The lowest BCUT2D eigenvalue weighted by Gasteiger charge is -2.12. The molecule has 0 spiro atoms. The quantitative estimate of drug-likeness (QED) is 0.525. The Balaban J connectivity index is 2.00. The Bertz CT molecular complexity index is 921. The summed E-state index contributed by atoms with van der Waals surface area (Å²) in [6.07, 6.45) is 0. The number of benzene rings is 3. The van der Waals surface area contributed by atoms with Gasteiger partial charge in [-0.3, -0.25) is 4.79 Å². The lowest BCUT2D eigenvalue weighted by molar-refractivity contribution is 0.0511. The number of hydrogen-bond donors (Lipinski definition) is 2. The fourth-order valence-corrected chi connectivity index (χ4v) is 2.77. The summed E-state index contributed by atoms with van der Waals surface area (Å²) in [5, 5.41) is 0. The molecule has 3 aromatic rings. The Morgan fingerprint density at radius 1 is 0.923 bits per heavy atom. The topological polar surface area (TPSA) is 87.6 Å². The minimum atomic E-state index is -0.481. The van der Waals surface area contributed by atoms with E-state index in [9.17, 15) is 4.79 Å². The molecule has 0 atom stereocenters. The molecule has 0 radical (unpaired) electrons. The SMILES string of the molecule is COCOc1ccc(-c2ccc(N)c(-c3ccccc3C(N)=O)c2)cc1. The molecule has 0 fully saturated rings. The Labute approximate surface area is 152 Å². The smallest absolute Gasteiger partial charge is 0.249 e. The largest absolute Gasteiger partial charge is 0.468 e. The van der Waals surface area contributed by atoms with Crippen LogP contribution in [0.2, 0.25) is 0 Å².